The van der Waals surface area contributed by atoms with Gasteiger partial charge < -0.3 is 5.43 Å². The fourth-order valence-corrected chi connectivity index (χ4v) is 5.65. The summed E-state index contributed by atoms with van der Waals surface area (Å²) in [4.78, 5) is 25.1. The Morgan fingerprint density at radius 1 is 0.881 bits per heavy atom. The molecule has 4 N–H and O–H groups in total. The van der Waals surface area contributed by atoms with Crippen molar-refractivity contribution in [2.45, 2.75) is 25.3 Å². The maximum Gasteiger partial charge on any atom is 0.201 e. The van der Waals surface area contributed by atoms with Crippen LogP contribution in [0.5, 0.6) is 0 Å². The van der Waals surface area contributed by atoms with Gasteiger partial charge in [0.2, 0.25) is 5.82 Å². The Morgan fingerprint density at radius 2 is 1.71 bits per heavy atom. The molecular weight excluding hydrogens is 524 g/mol. The van der Waals surface area contributed by atoms with E-state index in [1.807, 2.05) is 24.3 Å². The van der Waals surface area contributed by atoms with Crippen LogP contribution in [0.3, 0.4) is 0 Å². The molecule has 0 bridgehead atoms. The fourth-order valence-electron chi connectivity index (χ4n) is 5.65. The number of H-pyrrole nitrogens is 1. The Hall–Kier alpha value is -5.06. The van der Waals surface area contributed by atoms with Gasteiger partial charge >= 0.3 is 0 Å². The molecule has 1 aliphatic rings. The molecule has 5 heterocycles. The van der Waals surface area contributed by atoms with Crippen molar-refractivity contribution in [2.24, 2.45) is 5.84 Å². The Bertz CT molecular complexity index is 1800. The van der Waals surface area contributed by atoms with Gasteiger partial charge in [-0.1, -0.05) is 54.6 Å². The van der Waals surface area contributed by atoms with Crippen molar-refractivity contribution in [1.29, 1.82) is 0 Å². The highest BCUT2D eigenvalue weighted by atomic mass is 15.2. The molecule has 6 aromatic rings. The molecule has 0 saturated carbocycles. The molecule has 0 amide bonds. The van der Waals surface area contributed by atoms with E-state index in [0.29, 0.717) is 23.3 Å². The third kappa shape index (κ3) is 5.20. The second-order valence-electron chi connectivity index (χ2n) is 10.5. The first-order chi connectivity index (χ1) is 20.7. The van der Waals surface area contributed by atoms with Crippen LogP contribution in [0.15, 0.2) is 91.5 Å². The van der Waals surface area contributed by atoms with Crippen molar-refractivity contribution in [3.05, 3.63) is 103 Å². The smallest absolute Gasteiger partial charge is 0.201 e. The number of piperidine rings is 1. The van der Waals surface area contributed by atoms with Crippen molar-refractivity contribution in [1.82, 2.24) is 40.0 Å². The van der Waals surface area contributed by atoms with Crippen LogP contribution >= 0.6 is 0 Å². The lowest BCUT2D eigenvalue weighted by molar-refractivity contribution is 0.202. The summed E-state index contributed by atoms with van der Waals surface area (Å²) in [6.07, 6.45) is 8.78. The van der Waals surface area contributed by atoms with Gasteiger partial charge in [-0.3, -0.25) is 15.0 Å². The van der Waals surface area contributed by atoms with Gasteiger partial charge in [-0.05, 0) is 49.2 Å². The number of pyridine rings is 2. The highest BCUT2D eigenvalue weighted by molar-refractivity contribution is 5.96. The van der Waals surface area contributed by atoms with Gasteiger partial charge in [-0.25, -0.2) is 25.8 Å². The third-order valence-corrected chi connectivity index (χ3v) is 7.87. The molecule has 0 atom stereocenters. The van der Waals surface area contributed by atoms with E-state index in [9.17, 15) is 0 Å². The molecule has 10 nitrogen and oxygen atoms in total. The first kappa shape index (κ1) is 25.9. The van der Waals surface area contributed by atoms with Crippen LogP contribution in [0.25, 0.3) is 44.8 Å². The molecular formula is C32H30N10. The fraction of sp³-hybridized carbons (Fsp3) is 0.188. The summed E-state index contributed by atoms with van der Waals surface area (Å²) in [5.41, 5.74) is 9.65. The molecule has 42 heavy (non-hydrogen) atoms. The zero-order chi connectivity index (χ0) is 28.3. The maximum atomic E-state index is 5.75. The van der Waals surface area contributed by atoms with Gasteiger partial charge in [-0.15, -0.1) is 0 Å². The summed E-state index contributed by atoms with van der Waals surface area (Å²) in [5, 5.41) is 8.38. The van der Waals surface area contributed by atoms with Crippen molar-refractivity contribution in [2.75, 3.05) is 18.5 Å². The predicted octanol–water partition coefficient (Wildman–Crippen LogP) is 5.20. The summed E-state index contributed by atoms with van der Waals surface area (Å²) < 4.78 is 0. The maximum absolute atomic E-state index is 5.75. The van der Waals surface area contributed by atoms with Crippen LogP contribution in [0, 0.1) is 0 Å². The number of hydrogen-bond acceptors (Lipinski definition) is 9. The number of benzene rings is 2. The van der Waals surface area contributed by atoms with Crippen LogP contribution in [0.4, 0.5) is 5.82 Å². The minimum atomic E-state index is 0.363. The van der Waals surface area contributed by atoms with Gasteiger partial charge in [0.25, 0.3) is 0 Å². The summed E-state index contributed by atoms with van der Waals surface area (Å²) in [6, 6.07) is 23.1. The molecule has 4 aromatic heterocycles. The molecule has 7 rings (SSSR count). The molecule has 0 unspecified atom stereocenters. The van der Waals surface area contributed by atoms with Crippen LogP contribution in [-0.4, -0.2) is 53.1 Å². The standard InChI is InChI=1S/C32H30N10/c33-39-31-26-18-25(22-4-2-1-3-5-22)29(37-27(26)10-13-36-31)23-8-6-21(7-9-23)20-42-16-11-24(12-17-42)30-38-32(41-40-30)28-19-34-14-15-35-28/h1-10,13-15,18-19,24H,11-12,16-17,20,33H2,(H,36,39)(H,38,40,41). The van der Waals surface area contributed by atoms with Crippen LogP contribution in [-0.2, 0) is 6.54 Å². The highest BCUT2D eigenvalue weighted by Crippen LogP contribution is 2.35. The molecule has 1 fully saturated rings. The minimum absolute atomic E-state index is 0.363. The largest absolute Gasteiger partial charge is 0.308 e. The Labute approximate surface area is 243 Å². The molecule has 1 saturated heterocycles. The number of likely N-dealkylation sites (tertiary alicyclic amines) is 1. The summed E-state index contributed by atoms with van der Waals surface area (Å²) >= 11 is 0. The topological polar surface area (TPSA) is 134 Å². The number of anilines is 1. The number of hydrogen-bond donors (Lipinski definition) is 3. The van der Waals surface area contributed by atoms with Crippen molar-refractivity contribution in [3.63, 3.8) is 0 Å². The minimum Gasteiger partial charge on any atom is -0.308 e. The van der Waals surface area contributed by atoms with Crippen LogP contribution < -0.4 is 11.3 Å². The monoisotopic (exact) mass is 554 g/mol. The van der Waals surface area contributed by atoms with E-state index < -0.39 is 0 Å². The zero-order valence-corrected chi connectivity index (χ0v) is 23.0. The third-order valence-electron chi connectivity index (χ3n) is 7.87. The molecule has 1 aliphatic heterocycles. The number of aromatic nitrogens is 7. The molecule has 0 spiro atoms. The number of nitrogens with one attached hydrogen (secondary N) is 2. The van der Waals surface area contributed by atoms with Gasteiger partial charge in [0.05, 0.1) is 17.4 Å². The lowest BCUT2D eigenvalue weighted by atomic mass is 9.95. The number of nitrogens with two attached hydrogens (primary N) is 1. The Morgan fingerprint density at radius 3 is 2.48 bits per heavy atom. The number of nitrogen functional groups attached to an aromatic ring is 1. The van der Waals surface area contributed by atoms with Gasteiger partial charge in [0.1, 0.15) is 17.3 Å². The number of hydrazine groups is 1. The van der Waals surface area contributed by atoms with E-state index in [2.05, 4.69) is 77.9 Å². The number of nitrogens with zero attached hydrogens (tertiary/aromatic N) is 7. The molecule has 2 aromatic carbocycles. The van der Waals surface area contributed by atoms with Gasteiger partial charge in [0, 0.05) is 47.6 Å². The van der Waals surface area contributed by atoms with E-state index in [4.69, 9.17) is 15.8 Å². The summed E-state index contributed by atoms with van der Waals surface area (Å²) in [6.45, 7) is 2.91. The average molecular weight is 555 g/mol. The predicted molar refractivity (Wildman–Crippen MR) is 163 cm³/mol. The lowest BCUT2D eigenvalue weighted by Gasteiger charge is -2.31. The summed E-state index contributed by atoms with van der Waals surface area (Å²) in [7, 11) is 0. The van der Waals surface area contributed by atoms with E-state index in [1.54, 1.807) is 24.8 Å². The van der Waals surface area contributed by atoms with Crippen molar-refractivity contribution >= 4 is 16.7 Å². The van der Waals surface area contributed by atoms with E-state index >= 15 is 0 Å². The number of aromatic amines is 1. The SMILES string of the molecule is NNc1nccc2nc(-c3ccc(CN4CCC(c5nc(-c6cnccn6)n[nH]5)CC4)cc3)c(-c3ccccc3)cc12. The van der Waals surface area contributed by atoms with Crippen LogP contribution in [0.1, 0.15) is 30.1 Å². The second-order valence-corrected chi connectivity index (χ2v) is 10.5. The Kier molecular flexibility index (Phi) is 7.05. The highest BCUT2D eigenvalue weighted by Gasteiger charge is 2.24. The quantitative estimate of drug-likeness (QED) is 0.180. The second kappa shape index (κ2) is 11.4. The van der Waals surface area contributed by atoms with E-state index in [1.165, 1.54) is 5.56 Å². The first-order valence-corrected chi connectivity index (χ1v) is 14.1. The first-order valence-electron chi connectivity index (χ1n) is 14.1. The molecule has 10 heteroatoms. The number of fused-ring (bicyclic) bond motifs is 1. The van der Waals surface area contributed by atoms with Gasteiger partial charge in [0.15, 0.2) is 0 Å². The normalized spacial score (nSPS) is 14.3. The van der Waals surface area contributed by atoms with E-state index in [-0.39, 0.29) is 0 Å². The van der Waals surface area contributed by atoms with Crippen LogP contribution in [0.2, 0.25) is 0 Å². The van der Waals surface area contributed by atoms with Gasteiger partial charge in [-0.2, -0.15) is 5.10 Å². The number of rotatable bonds is 7. The average Bonchev–Trinajstić information content (AvgIpc) is 3.56. The van der Waals surface area contributed by atoms with Crippen molar-refractivity contribution < 1.29 is 0 Å². The molecule has 0 aliphatic carbocycles. The molecule has 208 valence electrons. The molecule has 0 radical (unpaired) electrons. The zero-order valence-electron chi connectivity index (χ0n) is 23.0. The van der Waals surface area contributed by atoms with Crippen molar-refractivity contribution in [3.8, 4) is 33.9 Å². The van der Waals surface area contributed by atoms with E-state index in [0.717, 1.165) is 71.6 Å². The summed E-state index contributed by atoms with van der Waals surface area (Å²) in [5.74, 6) is 8.26. The lowest BCUT2D eigenvalue weighted by Crippen LogP contribution is -2.32. The Balaban J connectivity index is 1.07.